The molecule has 118 valence electrons. The van der Waals surface area contributed by atoms with Crippen molar-refractivity contribution in [2.24, 2.45) is 0 Å². The molecular weight excluding hydrogens is 301 g/mol. The predicted octanol–water partition coefficient (Wildman–Crippen LogP) is 3.87. The average molecular weight is 321 g/mol. The van der Waals surface area contributed by atoms with Gasteiger partial charge in [-0.3, -0.25) is 4.79 Å². The van der Waals surface area contributed by atoms with Gasteiger partial charge in [-0.25, -0.2) is 9.07 Å². The molecule has 1 aromatic carbocycles. The number of aryl methyl sites for hydroxylation is 1. The molecular formula is C16H20FN3OS. The van der Waals surface area contributed by atoms with E-state index in [2.05, 4.69) is 17.3 Å². The van der Waals surface area contributed by atoms with Gasteiger partial charge in [-0.05, 0) is 31.0 Å². The maximum absolute atomic E-state index is 12.9. The quantitative estimate of drug-likeness (QED) is 0.842. The van der Waals surface area contributed by atoms with Crippen molar-refractivity contribution in [3.8, 4) is 0 Å². The van der Waals surface area contributed by atoms with Gasteiger partial charge in [-0.15, -0.1) is 11.8 Å². The zero-order chi connectivity index (χ0) is 15.9. The van der Waals surface area contributed by atoms with Crippen molar-refractivity contribution >= 4 is 23.5 Å². The van der Waals surface area contributed by atoms with Crippen molar-refractivity contribution in [2.75, 3.05) is 11.1 Å². The number of aromatic nitrogens is 2. The van der Waals surface area contributed by atoms with E-state index in [-0.39, 0.29) is 17.0 Å². The molecule has 0 radical (unpaired) electrons. The van der Waals surface area contributed by atoms with Crippen LogP contribution < -0.4 is 5.32 Å². The molecule has 0 bridgehead atoms. The highest BCUT2D eigenvalue weighted by Crippen LogP contribution is 2.28. The second-order valence-electron chi connectivity index (χ2n) is 4.99. The summed E-state index contributed by atoms with van der Waals surface area (Å²) in [6, 6.07) is 8.18. The van der Waals surface area contributed by atoms with Crippen molar-refractivity contribution in [2.45, 2.75) is 32.1 Å². The monoisotopic (exact) mass is 321 g/mol. The van der Waals surface area contributed by atoms with Gasteiger partial charge < -0.3 is 5.32 Å². The molecule has 0 aliphatic carbocycles. The first-order chi connectivity index (χ1) is 10.6. The molecule has 22 heavy (non-hydrogen) atoms. The first-order valence-electron chi connectivity index (χ1n) is 7.29. The first kappa shape index (κ1) is 16.5. The summed E-state index contributed by atoms with van der Waals surface area (Å²) >= 11 is 1.52. The standard InChI is InChI=1S/C16H20FN3OS/c1-3-10-20-15(8-9-18-20)19-16(21)11-22-12(2)13-4-6-14(17)7-5-13/h4-9,12H,3,10-11H2,1-2H3,(H,19,21). The summed E-state index contributed by atoms with van der Waals surface area (Å²) in [7, 11) is 0. The molecule has 0 saturated heterocycles. The van der Waals surface area contributed by atoms with Crippen LogP contribution in [0.2, 0.25) is 0 Å². The molecule has 1 N–H and O–H groups in total. The van der Waals surface area contributed by atoms with Gasteiger partial charge in [-0.1, -0.05) is 19.1 Å². The minimum atomic E-state index is -0.247. The molecule has 6 heteroatoms. The zero-order valence-corrected chi connectivity index (χ0v) is 13.6. The predicted molar refractivity (Wildman–Crippen MR) is 88.4 cm³/mol. The Labute approximate surface area is 134 Å². The maximum atomic E-state index is 12.9. The molecule has 1 amide bonds. The second-order valence-corrected chi connectivity index (χ2v) is 6.32. The fraction of sp³-hybridized carbons (Fsp3) is 0.375. The van der Waals surface area contributed by atoms with Crippen LogP contribution in [0.1, 0.15) is 31.1 Å². The third-order valence-electron chi connectivity index (χ3n) is 3.22. The molecule has 0 aliphatic rings. The number of carbonyl (C=O) groups excluding carboxylic acids is 1. The topological polar surface area (TPSA) is 46.9 Å². The van der Waals surface area contributed by atoms with Gasteiger partial charge >= 0.3 is 0 Å². The maximum Gasteiger partial charge on any atom is 0.235 e. The summed E-state index contributed by atoms with van der Waals surface area (Å²) in [5.41, 5.74) is 1.01. The highest BCUT2D eigenvalue weighted by molar-refractivity contribution is 8.00. The lowest BCUT2D eigenvalue weighted by molar-refractivity contribution is -0.113. The van der Waals surface area contributed by atoms with E-state index < -0.39 is 0 Å². The van der Waals surface area contributed by atoms with Crippen LogP contribution in [0.3, 0.4) is 0 Å². The van der Waals surface area contributed by atoms with Crippen molar-refractivity contribution < 1.29 is 9.18 Å². The van der Waals surface area contributed by atoms with Gasteiger partial charge in [0.1, 0.15) is 11.6 Å². The minimum absolute atomic E-state index is 0.0585. The second kappa shape index (κ2) is 7.98. The van der Waals surface area contributed by atoms with Crippen LogP contribution in [-0.4, -0.2) is 21.4 Å². The molecule has 1 unspecified atom stereocenters. The molecule has 1 atom stereocenters. The van der Waals surface area contributed by atoms with E-state index >= 15 is 0 Å². The number of hydrogen-bond acceptors (Lipinski definition) is 3. The Bertz CT molecular complexity index is 612. The number of thioether (sulfide) groups is 1. The lowest BCUT2D eigenvalue weighted by atomic mass is 10.2. The number of halogens is 1. The number of nitrogens with one attached hydrogen (secondary N) is 1. The Morgan fingerprint density at radius 3 is 2.77 bits per heavy atom. The normalized spacial score (nSPS) is 12.1. The van der Waals surface area contributed by atoms with Crippen molar-refractivity contribution in [3.63, 3.8) is 0 Å². The van der Waals surface area contributed by atoms with Gasteiger partial charge in [0.15, 0.2) is 0 Å². The number of nitrogens with zero attached hydrogens (tertiary/aromatic N) is 2. The summed E-state index contributed by atoms with van der Waals surface area (Å²) in [5.74, 6) is 0.761. The lowest BCUT2D eigenvalue weighted by Crippen LogP contribution is -2.18. The summed E-state index contributed by atoms with van der Waals surface area (Å²) in [5, 5.41) is 7.17. The van der Waals surface area contributed by atoms with Gasteiger partial charge in [0.2, 0.25) is 5.91 Å². The third kappa shape index (κ3) is 4.59. The van der Waals surface area contributed by atoms with Gasteiger partial charge in [-0.2, -0.15) is 5.10 Å². The number of benzene rings is 1. The van der Waals surface area contributed by atoms with Crippen LogP contribution in [0.15, 0.2) is 36.5 Å². The molecule has 0 fully saturated rings. The Hall–Kier alpha value is -1.82. The van der Waals surface area contributed by atoms with E-state index in [0.717, 1.165) is 24.3 Å². The number of rotatable bonds is 7. The van der Waals surface area contributed by atoms with Crippen LogP contribution in [-0.2, 0) is 11.3 Å². The Morgan fingerprint density at radius 2 is 2.09 bits per heavy atom. The van der Waals surface area contributed by atoms with E-state index in [4.69, 9.17) is 0 Å². The Balaban J connectivity index is 1.84. The van der Waals surface area contributed by atoms with Crippen LogP contribution in [0, 0.1) is 5.82 Å². The lowest BCUT2D eigenvalue weighted by Gasteiger charge is -2.12. The van der Waals surface area contributed by atoms with E-state index in [1.165, 1.54) is 23.9 Å². The fourth-order valence-electron chi connectivity index (χ4n) is 2.04. The summed E-state index contributed by atoms with van der Waals surface area (Å²) in [6.45, 7) is 4.85. The number of hydrogen-bond donors (Lipinski definition) is 1. The smallest absolute Gasteiger partial charge is 0.235 e. The summed E-state index contributed by atoms with van der Waals surface area (Å²) < 4.78 is 14.7. The van der Waals surface area contributed by atoms with Crippen LogP contribution in [0.4, 0.5) is 10.2 Å². The summed E-state index contributed by atoms with van der Waals surface area (Å²) in [6.07, 6.45) is 2.64. The van der Waals surface area contributed by atoms with Crippen LogP contribution >= 0.6 is 11.8 Å². The fourth-order valence-corrected chi connectivity index (χ4v) is 2.86. The van der Waals surface area contributed by atoms with E-state index in [0.29, 0.717) is 5.75 Å². The van der Waals surface area contributed by atoms with Gasteiger partial charge in [0.05, 0.1) is 11.9 Å². The molecule has 2 aromatic rings. The van der Waals surface area contributed by atoms with E-state index in [1.54, 1.807) is 29.1 Å². The van der Waals surface area contributed by atoms with E-state index in [9.17, 15) is 9.18 Å². The molecule has 1 aromatic heterocycles. The van der Waals surface area contributed by atoms with Crippen molar-refractivity contribution in [1.29, 1.82) is 0 Å². The highest BCUT2D eigenvalue weighted by atomic mass is 32.2. The molecule has 0 saturated carbocycles. The summed E-state index contributed by atoms with van der Waals surface area (Å²) in [4.78, 5) is 12.0. The zero-order valence-electron chi connectivity index (χ0n) is 12.8. The SMILES string of the molecule is CCCn1nccc1NC(=O)CSC(C)c1ccc(F)cc1. The molecule has 2 rings (SSSR count). The van der Waals surface area contributed by atoms with Crippen LogP contribution in [0.5, 0.6) is 0 Å². The third-order valence-corrected chi connectivity index (χ3v) is 4.42. The van der Waals surface area contributed by atoms with Crippen LogP contribution in [0.25, 0.3) is 0 Å². The molecule has 1 heterocycles. The average Bonchev–Trinajstić information content (AvgIpc) is 2.93. The number of anilines is 1. The number of amides is 1. The van der Waals surface area contributed by atoms with Gasteiger partial charge in [0.25, 0.3) is 0 Å². The first-order valence-corrected chi connectivity index (χ1v) is 8.33. The molecule has 4 nitrogen and oxygen atoms in total. The van der Waals surface area contributed by atoms with Gasteiger partial charge in [0, 0.05) is 17.9 Å². The molecule has 0 aliphatic heterocycles. The molecule has 0 spiro atoms. The minimum Gasteiger partial charge on any atom is -0.310 e. The van der Waals surface area contributed by atoms with E-state index in [1.807, 2.05) is 6.92 Å². The number of carbonyl (C=O) groups is 1. The Morgan fingerprint density at radius 1 is 1.36 bits per heavy atom. The van der Waals surface area contributed by atoms with Crippen molar-refractivity contribution in [1.82, 2.24) is 9.78 Å². The largest absolute Gasteiger partial charge is 0.310 e. The van der Waals surface area contributed by atoms with Crippen molar-refractivity contribution in [3.05, 3.63) is 47.9 Å². The highest BCUT2D eigenvalue weighted by Gasteiger charge is 2.11. The Kier molecular flexibility index (Phi) is 6.00.